The first-order valence-corrected chi connectivity index (χ1v) is 4.34. The Labute approximate surface area is 78.8 Å². The van der Waals surface area contributed by atoms with Crippen LogP contribution in [0.1, 0.15) is 19.5 Å². The molecule has 1 aromatic rings. The quantitative estimate of drug-likeness (QED) is 0.743. The molecule has 1 heterocycles. The molecule has 0 saturated heterocycles. The van der Waals surface area contributed by atoms with E-state index in [4.69, 9.17) is 5.73 Å². The molecule has 0 spiro atoms. The average Bonchev–Trinajstić information content (AvgIpc) is 2.01. The predicted octanol–water partition coefficient (Wildman–Crippen LogP) is 1.21. The Kier molecular flexibility index (Phi) is 2.70. The summed E-state index contributed by atoms with van der Waals surface area (Å²) in [5.74, 6) is 1.21. The average molecular weight is 180 g/mol. The maximum Gasteiger partial charge on any atom is 0.222 e. The third-order valence-corrected chi connectivity index (χ3v) is 1.99. The summed E-state index contributed by atoms with van der Waals surface area (Å²) in [5, 5.41) is 0. The molecule has 13 heavy (non-hydrogen) atoms. The largest absolute Gasteiger partial charge is 0.368 e. The molecule has 0 aromatic carbocycles. The molecule has 0 amide bonds. The van der Waals surface area contributed by atoms with Crippen molar-refractivity contribution in [2.24, 2.45) is 0 Å². The zero-order valence-electron chi connectivity index (χ0n) is 8.57. The van der Waals surface area contributed by atoms with Crippen molar-refractivity contribution in [1.29, 1.82) is 0 Å². The van der Waals surface area contributed by atoms with E-state index in [2.05, 4.69) is 28.7 Å². The van der Waals surface area contributed by atoms with Crippen LogP contribution in [0.4, 0.5) is 11.8 Å². The van der Waals surface area contributed by atoms with Gasteiger partial charge in [-0.3, -0.25) is 0 Å². The van der Waals surface area contributed by atoms with Gasteiger partial charge in [-0.2, -0.15) is 4.98 Å². The third-order valence-electron chi connectivity index (χ3n) is 1.99. The lowest BCUT2D eigenvalue weighted by Crippen LogP contribution is -2.27. The van der Waals surface area contributed by atoms with Crippen LogP contribution in [0.5, 0.6) is 0 Å². The van der Waals surface area contributed by atoms with Gasteiger partial charge >= 0.3 is 0 Å². The Morgan fingerprint density at radius 3 is 2.46 bits per heavy atom. The molecule has 0 fully saturated rings. The molecule has 0 atom stereocenters. The summed E-state index contributed by atoms with van der Waals surface area (Å²) in [5.41, 5.74) is 6.45. The van der Waals surface area contributed by atoms with Crippen molar-refractivity contribution < 1.29 is 0 Å². The van der Waals surface area contributed by atoms with Crippen molar-refractivity contribution in [3.8, 4) is 0 Å². The van der Waals surface area contributed by atoms with E-state index in [1.807, 2.05) is 20.0 Å². The molecule has 0 aliphatic rings. The Bertz CT molecular complexity index is 275. The monoisotopic (exact) mass is 180 g/mol. The van der Waals surface area contributed by atoms with Crippen LogP contribution in [0.25, 0.3) is 0 Å². The molecule has 4 heteroatoms. The lowest BCUT2D eigenvalue weighted by molar-refractivity contribution is 0.741. The van der Waals surface area contributed by atoms with Gasteiger partial charge in [0.1, 0.15) is 5.82 Å². The zero-order chi connectivity index (χ0) is 10.0. The normalized spacial score (nSPS) is 10.5. The van der Waals surface area contributed by atoms with E-state index in [0.717, 1.165) is 11.5 Å². The van der Waals surface area contributed by atoms with Gasteiger partial charge in [-0.1, -0.05) is 0 Å². The first-order chi connectivity index (χ1) is 6.00. The predicted molar refractivity (Wildman–Crippen MR) is 54.7 cm³/mol. The number of rotatable bonds is 2. The number of nitrogens with two attached hydrogens (primary N) is 1. The standard InChI is InChI=1S/C9H16N4/c1-6(2)13(4)8-5-7(3)11-9(10)12-8/h5-6H,1-4H3,(H2,10,11,12). The van der Waals surface area contributed by atoms with Crippen molar-refractivity contribution in [1.82, 2.24) is 9.97 Å². The van der Waals surface area contributed by atoms with Crippen LogP contribution in [0.2, 0.25) is 0 Å². The number of hydrogen-bond donors (Lipinski definition) is 1. The van der Waals surface area contributed by atoms with Crippen LogP contribution in [0.3, 0.4) is 0 Å². The number of nitrogen functional groups attached to an aromatic ring is 1. The summed E-state index contributed by atoms with van der Waals surface area (Å²) < 4.78 is 0. The highest BCUT2D eigenvalue weighted by Crippen LogP contribution is 2.13. The van der Waals surface area contributed by atoms with E-state index < -0.39 is 0 Å². The molecule has 0 aliphatic heterocycles. The van der Waals surface area contributed by atoms with Gasteiger partial charge < -0.3 is 10.6 Å². The highest BCUT2D eigenvalue weighted by atomic mass is 15.2. The van der Waals surface area contributed by atoms with E-state index in [9.17, 15) is 0 Å². The second kappa shape index (κ2) is 3.60. The Hall–Kier alpha value is -1.32. The van der Waals surface area contributed by atoms with Crippen LogP contribution in [-0.4, -0.2) is 23.1 Å². The van der Waals surface area contributed by atoms with Gasteiger partial charge in [0.2, 0.25) is 5.95 Å². The SMILES string of the molecule is Cc1cc(N(C)C(C)C)nc(N)n1. The van der Waals surface area contributed by atoms with Crippen molar-refractivity contribution in [2.45, 2.75) is 26.8 Å². The van der Waals surface area contributed by atoms with Crippen molar-refractivity contribution in [3.05, 3.63) is 11.8 Å². The van der Waals surface area contributed by atoms with Gasteiger partial charge in [-0.25, -0.2) is 4.98 Å². The van der Waals surface area contributed by atoms with E-state index in [0.29, 0.717) is 12.0 Å². The fraction of sp³-hybridized carbons (Fsp3) is 0.556. The fourth-order valence-corrected chi connectivity index (χ4v) is 1.02. The van der Waals surface area contributed by atoms with Gasteiger partial charge in [0.05, 0.1) is 0 Å². The van der Waals surface area contributed by atoms with E-state index >= 15 is 0 Å². The number of nitrogens with zero attached hydrogens (tertiary/aromatic N) is 3. The number of anilines is 2. The Morgan fingerprint density at radius 1 is 1.38 bits per heavy atom. The Morgan fingerprint density at radius 2 is 2.00 bits per heavy atom. The minimum absolute atomic E-state index is 0.336. The second-order valence-corrected chi connectivity index (χ2v) is 3.43. The van der Waals surface area contributed by atoms with Gasteiger partial charge in [0.25, 0.3) is 0 Å². The van der Waals surface area contributed by atoms with Crippen LogP contribution in [0.15, 0.2) is 6.07 Å². The summed E-state index contributed by atoms with van der Waals surface area (Å²) in [7, 11) is 1.99. The van der Waals surface area contributed by atoms with Crippen LogP contribution in [0, 0.1) is 6.92 Å². The maximum atomic E-state index is 5.55. The maximum absolute atomic E-state index is 5.55. The molecular weight excluding hydrogens is 164 g/mol. The third kappa shape index (κ3) is 2.31. The molecule has 72 valence electrons. The van der Waals surface area contributed by atoms with Crippen LogP contribution >= 0.6 is 0 Å². The van der Waals surface area contributed by atoms with Crippen LogP contribution < -0.4 is 10.6 Å². The molecule has 0 radical (unpaired) electrons. The summed E-state index contributed by atoms with van der Waals surface area (Å²) in [4.78, 5) is 10.2. The minimum Gasteiger partial charge on any atom is -0.368 e. The summed E-state index contributed by atoms with van der Waals surface area (Å²) in [6, 6.07) is 2.34. The smallest absolute Gasteiger partial charge is 0.222 e. The van der Waals surface area contributed by atoms with Gasteiger partial charge in [0, 0.05) is 24.8 Å². The highest BCUT2D eigenvalue weighted by molar-refractivity contribution is 5.43. The van der Waals surface area contributed by atoms with E-state index in [-0.39, 0.29) is 0 Å². The summed E-state index contributed by atoms with van der Waals surface area (Å²) >= 11 is 0. The zero-order valence-corrected chi connectivity index (χ0v) is 8.57. The van der Waals surface area contributed by atoms with Crippen molar-refractivity contribution in [3.63, 3.8) is 0 Å². The van der Waals surface area contributed by atoms with Crippen LogP contribution in [-0.2, 0) is 0 Å². The molecule has 4 nitrogen and oxygen atoms in total. The molecule has 0 unspecified atom stereocenters. The molecule has 1 rings (SSSR count). The number of aromatic nitrogens is 2. The molecule has 2 N–H and O–H groups in total. The van der Waals surface area contributed by atoms with Gasteiger partial charge in [0.15, 0.2) is 0 Å². The van der Waals surface area contributed by atoms with Crippen molar-refractivity contribution >= 4 is 11.8 Å². The highest BCUT2D eigenvalue weighted by Gasteiger charge is 2.07. The molecule has 0 aliphatic carbocycles. The molecular formula is C9H16N4. The van der Waals surface area contributed by atoms with Gasteiger partial charge in [-0.05, 0) is 20.8 Å². The van der Waals surface area contributed by atoms with Crippen molar-refractivity contribution in [2.75, 3.05) is 17.7 Å². The second-order valence-electron chi connectivity index (χ2n) is 3.43. The van der Waals surface area contributed by atoms with Gasteiger partial charge in [-0.15, -0.1) is 0 Å². The molecule has 0 saturated carbocycles. The van der Waals surface area contributed by atoms with E-state index in [1.54, 1.807) is 0 Å². The summed E-state index contributed by atoms with van der Waals surface area (Å²) in [6.45, 7) is 6.12. The minimum atomic E-state index is 0.336. The topological polar surface area (TPSA) is 55.0 Å². The lowest BCUT2D eigenvalue weighted by Gasteiger charge is -2.22. The lowest BCUT2D eigenvalue weighted by atomic mass is 10.3. The fourth-order valence-electron chi connectivity index (χ4n) is 1.02. The molecule has 1 aromatic heterocycles. The summed E-state index contributed by atoms with van der Waals surface area (Å²) in [6.07, 6.45) is 0. The first kappa shape index (κ1) is 9.77. The van der Waals surface area contributed by atoms with E-state index in [1.165, 1.54) is 0 Å². The number of hydrogen-bond acceptors (Lipinski definition) is 4. The molecule has 0 bridgehead atoms. The Balaban J connectivity index is 3.01. The first-order valence-electron chi connectivity index (χ1n) is 4.34. The number of aryl methyl sites for hydroxylation is 1.